The van der Waals surface area contributed by atoms with Gasteiger partial charge < -0.3 is 10.5 Å². The molecule has 0 fully saturated rings. The molecule has 14 heavy (non-hydrogen) atoms. The van der Waals surface area contributed by atoms with Crippen molar-refractivity contribution in [2.24, 2.45) is 0 Å². The summed E-state index contributed by atoms with van der Waals surface area (Å²) in [7, 11) is 1.62. The number of nitrogens with zero attached hydrogens (tertiary/aromatic N) is 1. The molecule has 0 aliphatic heterocycles. The Hall–Kier alpha value is -1.73. The number of hydrogen-bond acceptors (Lipinski definition) is 4. The number of hydrogen-bond donors (Lipinski definition) is 1. The average molecular weight is 204 g/mol. The number of nitriles is 1. The van der Waals surface area contributed by atoms with Crippen LogP contribution in [0.15, 0.2) is 18.2 Å². The third-order valence-corrected chi connectivity index (χ3v) is 3.02. The molecule has 1 heterocycles. The van der Waals surface area contributed by atoms with E-state index in [1.54, 1.807) is 13.2 Å². The van der Waals surface area contributed by atoms with Crippen LogP contribution in [0.2, 0.25) is 0 Å². The summed E-state index contributed by atoms with van der Waals surface area (Å²) in [4.78, 5) is 0. The molecule has 3 nitrogen and oxygen atoms in total. The van der Waals surface area contributed by atoms with Crippen LogP contribution in [0.5, 0.6) is 5.06 Å². The topological polar surface area (TPSA) is 59.0 Å². The van der Waals surface area contributed by atoms with Crippen LogP contribution in [0, 0.1) is 11.3 Å². The largest absolute Gasteiger partial charge is 0.487 e. The molecule has 1 aromatic heterocycles. The Morgan fingerprint density at radius 3 is 2.86 bits per heavy atom. The van der Waals surface area contributed by atoms with Gasteiger partial charge in [0.05, 0.1) is 18.7 Å². The Morgan fingerprint density at radius 2 is 2.21 bits per heavy atom. The highest BCUT2D eigenvalue weighted by Gasteiger charge is 2.06. The molecule has 0 saturated heterocycles. The lowest BCUT2D eigenvalue weighted by Gasteiger charge is -1.95. The van der Waals surface area contributed by atoms with Crippen molar-refractivity contribution >= 4 is 27.1 Å². The van der Waals surface area contributed by atoms with Crippen molar-refractivity contribution in [3.63, 3.8) is 0 Å². The van der Waals surface area contributed by atoms with E-state index in [0.29, 0.717) is 11.3 Å². The minimum absolute atomic E-state index is 0.583. The maximum atomic E-state index is 8.75. The zero-order chi connectivity index (χ0) is 10.1. The van der Waals surface area contributed by atoms with Crippen molar-refractivity contribution in [1.82, 2.24) is 0 Å². The first-order chi connectivity index (χ1) is 6.74. The van der Waals surface area contributed by atoms with E-state index < -0.39 is 0 Å². The zero-order valence-corrected chi connectivity index (χ0v) is 8.39. The van der Waals surface area contributed by atoms with E-state index in [9.17, 15) is 0 Å². The lowest BCUT2D eigenvalue weighted by molar-refractivity contribution is 0.427. The van der Waals surface area contributed by atoms with Crippen LogP contribution in [0.25, 0.3) is 10.1 Å². The number of nitrogens with two attached hydrogens (primary N) is 1. The summed E-state index contributed by atoms with van der Waals surface area (Å²) in [6.45, 7) is 0. The number of ether oxygens (including phenoxy) is 1. The van der Waals surface area contributed by atoms with E-state index >= 15 is 0 Å². The summed E-state index contributed by atoms with van der Waals surface area (Å²) < 4.78 is 6.09. The SMILES string of the molecule is COc1cc2c(N)cc(C#N)cc2s1. The maximum absolute atomic E-state index is 8.75. The smallest absolute Gasteiger partial charge is 0.174 e. The van der Waals surface area contributed by atoms with E-state index in [4.69, 9.17) is 15.7 Å². The van der Waals surface area contributed by atoms with E-state index in [1.807, 2.05) is 12.1 Å². The number of anilines is 1. The Kier molecular flexibility index (Phi) is 2.02. The number of rotatable bonds is 1. The molecule has 70 valence electrons. The quantitative estimate of drug-likeness (QED) is 0.725. The molecular formula is C10H8N2OS. The highest BCUT2D eigenvalue weighted by Crippen LogP contribution is 2.35. The minimum Gasteiger partial charge on any atom is -0.487 e. The first-order valence-electron chi connectivity index (χ1n) is 4.01. The monoisotopic (exact) mass is 204 g/mol. The minimum atomic E-state index is 0.583. The van der Waals surface area contributed by atoms with Gasteiger partial charge in [-0.15, -0.1) is 0 Å². The number of thiophene rings is 1. The van der Waals surface area contributed by atoms with Crippen molar-refractivity contribution in [1.29, 1.82) is 5.26 Å². The van der Waals surface area contributed by atoms with Crippen LogP contribution in [0.1, 0.15) is 5.56 Å². The van der Waals surface area contributed by atoms with Crippen LogP contribution < -0.4 is 10.5 Å². The second-order valence-electron chi connectivity index (χ2n) is 2.86. The molecule has 2 N–H and O–H groups in total. The van der Waals surface area contributed by atoms with Crippen LogP contribution in [0.3, 0.4) is 0 Å². The van der Waals surface area contributed by atoms with Gasteiger partial charge in [-0.25, -0.2) is 0 Å². The average Bonchev–Trinajstić information content (AvgIpc) is 2.61. The molecule has 0 radical (unpaired) electrons. The van der Waals surface area contributed by atoms with E-state index in [-0.39, 0.29) is 0 Å². The fourth-order valence-electron chi connectivity index (χ4n) is 1.31. The van der Waals surface area contributed by atoms with Crippen molar-refractivity contribution in [3.05, 3.63) is 23.8 Å². The van der Waals surface area contributed by atoms with Gasteiger partial charge >= 0.3 is 0 Å². The number of nitrogen functional groups attached to an aromatic ring is 1. The standard InChI is InChI=1S/C10H8N2OS/c1-13-10-4-7-8(12)2-6(5-11)3-9(7)14-10/h2-4H,12H2,1H3. The van der Waals surface area contributed by atoms with Crippen LogP contribution in [-0.4, -0.2) is 7.11 Å². The summed E-state index contributed by atoms with van der Waals surface area (Å²) >= 11 is 1.49. The molecule has 1 aromatic carbocycles. The normalized spacial score (nSPS) is 10.0. The maximum Gasteiger partial charge on any atom is 0.174 e. The first kappa shape index (κ1) is 8.85. The predicted octanol–water partition coefficient (Wildman–Crippen LogP) is 2.36. The van der Waals surface area contributed by atoms with Gasteiger partial charge in [0.2, 0.25) is 0 Å². The van der Waals surface area contributed by atoms with Gasteiger partial charge in [0.25, 0.3) is 0 Å². The highest BCUT2D eigenvalue weighted by atomic mass is 32.1. The van der Waals surface area contributed by atoms with E-state index in [0.717, 1.165) is 15.1 Å². The second-order valence-corrected chi connectivity index (χ2v) is 3.90. The van der Waals surface area contributed by atoms with Crippen LogP contribution in [-0.2, 0) is 0 Å². The van der Waals surface area contributed by atoms with Gasteiger partial charge in [-0.1, -0.05) is 11.3 Å². The second kappa shape index (κ2) is 3.20. The van der Waals surface area contributed by atoms with E-state index in [1.165, 1.54) is 11.3 Å². The molecule has 4 heteroatoms. The van der Waals surface area contributed by atoms with Gasteiger partial charge in [-0.3, -0.25) is 0 Å². The van der Waals surface area contributed by atoms with Gasteiger partial charge in [-0.2, -0.15) is 5.26 Å². The van der Waals surface area contributed by atoms with Crippen molar-refractivity contribution < 1.29 is 4.74 Å². The van der Waals surface area contributed by atoms with Gasteiger partial charge in [0.1, 0.15) is 0 Å². The summed E-state index contributed by atoms with van der Waals surface area (Å²) in [6.07, 6.45) is 0. The molecule has 0 aliphatic carbocycles. The number of benzene rings is 1. The molecule has 0 saturated carbocycles. The molecule has 0 amide bonds. The molecule has 2 aromatic rings. The predicted molar refractivity (Wildman–Crippen MR) is 57.5 cm³/mol. The lowest BCUT2D eigenvalue weighted by Crippen LogP contribution is -1.86. The van der Waals surface area contributed by atoms with Crippen molar-refractivity contribution in [2.45, 2.75) is 0 Å². The summed E-state index contributed by atoms with van der Waals surface area (Å²) in [5.74, 6) is 0. The number of methoxy groups -OCH3 is 1. The molecule has 2 rings (SSSR count). The molecule has 0 unspecified atom stereocenters. The van der Waals surface area contributed by atoms with Crippen LogP contribution >= 0.6 is 11.3 Å². The van der Waals surface area contributed by atoms with Crippen molar-refractivity contribution in [3.8, 4) is 11.1 Å². The number of fused-ring (bicyclic) bond motifs is 1. The molecule has 0 bridgehead atoms. The molecular weight excluding hydrogens is 196 g/mol. The van der Waals surface area contributed by atoms with Crippen LogP contribution in [0.4, 0.5) is 5.69 Å². The summed E-state index contributed by atoms with van der Waals surface area (Å²) in [5, 5.41) is 10.5. The molecule has 0 spiro atoms. The molecule has 0 aliphatic rings. The fraction of sp³-hybridized carbons (Fsp3) is 0.100. The van der Waals surface area contributed by atoms with Gasteiger partial charge in [0, 0.05) is 21.8 Å². The zero-order valence-electron chi connectivity index (χ0n) is 7.57. The Labute approximate surface area is 85.3 Å². The highest BCUT2D eigenvalue weighted by molar-refractivity contribution is 7.20. The lowest BCUT2D eigenvalue weighted by atomic mass is 10.1. The van der Waals surface area contributed by atoms with Gasteiger partial charge in [0.15, 0.2) is 5.06 Å². The van der Waals surface area contributed by atoms with Crippen molar-refractivity contribution in [2.75, 3.05) is 12.8 Å². The Bertz CT molecular complexity index is 525. The summed E-state index contributed by atoms with van der Waals surface area (Å²) in [6, 6.07) is 7.45. The summed E-state index contributed by atoms with van der Waals surface area (Å²) in [5.41, 5.74) is 7.01. The molecule has 0 atom stereocenters. The Balaban J connectivity index is 2.75. The first-order valence-corrected chi connectivity index (χ1v) is 4.83. The Morgan fingerprint density at radius 1 is 1.43 bits per heavy atom. The van der Waals surface area contributed by atoms with Gasteiger partial charge in [-0.05, 0) is 12.1 Å². The fourth-order valence-corrected chi connectivity index (χ4v) is 2.26. The van der Waals surface area contributed by atoms with E-state index in [2.05, 4.69) is 6.07 Å². The third-order valence-electron chi connectivity index (χ3n) is 1.98. The third kappa shape index (κ3) is 1.28.